The summed E-state index contributed by atoms with van der Waals surface area (Å²) in [5.41, 5.74) is 5.49. The van der Waals surface area contributed by atoms with E-state index in [1.807, 2.05) is 0 Å². The van der Waals surface area contributed by atoms with Crippen LogP contribution in [0, 0.1) is 15.5 Å². The van der Waals surface area contributed by atoms with Gasteiger partial charge in [-0.25, -0.2) is 4.98 Å². The molecule has 0 saturated heterocycles. The maximum Gasteiger partial charge on any atom is 0.273 e. The molecule has 108 valence electrons. The standard InChI is InChI=1S/C13H12N4O4/c1-20-11-7-8(17(18)19)4-5-9(11)21-10-3-2-6-16-12(10)13(14)15/h2-7H,1H3,(H3,14,15). The summed E-state index contributed by atoms with van der Waals surface area (Å²) in [7, 11) is 1.38. The number of nitro groups is 1. The molecule has 1 aromatic carbocycles. The van der Waals surface area contributed by atoms with Crippen LogP contribution in [-0.2, 0) is 0 Å². The topological polar surface area (TPSA) is 124 Å². The molecule has 3 N–H and O–H groups in total. The lowest BCUT2D eigenvalue weighted by Crippen LogP contribution is -2.14. The number of aromatic nitrogens is 1. The van der Waals surface area contributed by atoms with E-state index in [1.165, 1.54) is 31.5 Å². The third-order valence-corrected chi connectivity index (χ3v) is 2.60. The van der Waals surface area contributed by atoms with E-state index in [9.17, 15) is 10.1 Å². The molecule has 0 aliphatic carbocycles. The third-order valence-electron chi connectivity index (χ3n) is 2.60. The fourth-order valence-corrected chi connectivity index (χ4v) is 1.65. The van der Waals surface area contributed by atoms with Crippen LogP contribution in [0.15, 0.2) is 36.5 Å². The molecule has 2 aromatic rings. The average Bonchev–Trinajstić information content (AvgIpc) is 2.47. The van der Waals surface area contributed by atoms with E-state index in [0.29, 0.717) is 0 Å². The molecule has 0 fully saturated rings. The molecule has 0 bridgehead atoms. The number of pyridine rings is 1. The van der Waals surface area contributed by atoms with Crippen molar-refractivity contribution in [3.05, 3.63) is 52.3 Å². The Morgan fingerprint density at radius 2 is 2.10 bits per heavy atom. The van der Waals surface area contributed by atoms with Gasteiger partial charge < -0.3 is 15.2 Å². The third kappa shape index (κ3) is 3.06. The molecule has 1 aromatic heterocycles. The summed E-state index contributed by atoms with van der Waals surface area (Å²) in [6, 6.07) is 7.17. The Balaban J connectivity index is 2.40. The van der Waals surface area contributed by atoms with E-state index in [1.54, 1.807) is 12.1 Å². The Kier molecular flexibility index (Phi) is 3.98. The van der Waals surface area contributed by atoms with Gasteiger partial charge in [0, 0.05) is 12.3 Å². The lowest BCUT2D eigenvalue weighted by atomic mass is 10.2. The molecular weight excluding hydrogens is 276 g/mol. The number of nitrogen functional groups attached to an aromatic ring is 1. The van der Waals surface area contributed by atoms with Crippen molar-refractivity contribution in [1.82, 2.24) is 4.98 Å². The number of hydrogen-bond donors (Lipinski definition) is 2. The minimum Gasteiger partial charge on any atom is -0.493 e. The van der Waals surface area contributed by atoms with Crippen LogP contribution < -0.4 is 15.2 Å². The van der Waals surface area contributed by atoms with Gasteiger partial charge in [0.05, 0.1) is 18.1 Å². The number of ether oxygens (including phenoxy) is 2. The lowest BCUT2D eigenvalue weighted by molar-refractivity contribution is -0.384. The molecule has 1 heterocycles. The summed E-state index contributed by atoms with van der Waals surface area (Å²) in [6.45, 7) is 0. The molecule has 0 aliphatic rings. The molecule has 2 rings (SSSR count). The predicted octanol–water partition coefficient (Wildman–Crippen LogP) is 2.07. The fourth-order valence-electron chi connectivity index (χ4n) is 1.65. The number of methoxy groups -OCH3 is 1. The Bertz CT molecular complexity index is 702. The van der Waals surface area contributed by atoms with E-state index in [-0.39, 0.29) is 34.5 Å². The fraction of sp³-hybridized carbons (Fsp3) is 0.0769. The Morgan fingerprint density at radius 3 is 2.71 bits per heavy atom. The molecule has 0 saturated carbocycles. The number of nitro benzene ring substituents is 1. The summed E-state index contributed by atoms with van der Waals surface area (Å²) < 4.78 is 10.7. The summed E-state index contributed by atoms with van der Waals surface area (Å²) in [6.07, 6.45) is 1.48. The number of rotatable bonds is 5. The molecular formula is C13H12N4O4. The molecule has 0 spiro atoms. The van der Waals surface area contributed by atoms with E-state index in [4.69, 9.17) is 20.6 Å². The highest BCUT2D eigenvalue weighted by Crippen LogP contribution is 2.35. The smallest absolute Gasteiger partial charge is 0.273 e. The maximum atomic E-state index is 10.7. The maximum absolute atomic E-state index is 10.7. The summed E-state index contributed by atoms with van der Waals surface area (Å²) in [4.78, 5) is 14.2. The van der Waals surface area contributed by atoms with Crippen molar-refractivity contribution in [3.8, 4) is 17.2 Å². The highest BCUT2D eigenvalue weighted by molar-refractivity contribution is 5.95. The minimum absolute atomic E-state index is 0.114. The minimum atomic E-state index is -0.530. The molecule has 0 aliphatic heterocycles. The molecule has 0 amide bonds. The van der Waals surface area contributed by atoms with Crippen LogP contribution in [0.4, 0.5) is 5.69 Å². The number of nitrogens with zero attached hydrogens (tertiary/aromatic N) is 2. The summed E-state index contributed by atoms with van der Waals surface area (Å²) >= 11 is 0. The van der Waals surface area contributed by atoms with Gasteiger partial charge in [0.25, 0.3) is 5.69 Å². The number of nitrogens with two attached hydrogens (primary N) is 1. The largest absolute Gasteiger partial charge is 0.493 e. The van der Waals surface area contributed by atoms with Gasteiger partial charge in [0.1, 0.15) is 11.5 Å². The van der Waals surface area contributed by atoms with Crippen LogP contribution in [0.5, 0.6) is 17.2 Å². The van der Waals surface area contributed by atoms with E-state index in [0.717, 1.165) is 0 Å². The molecule has 21 heavy (non-hydrogen) atoms. The zero-order valence-corrected chi connectivity index (χ0v) is 11.1. The predicted molar refractivity (Wildman–Crippen MR) is 75.0 cm³/mol. The first-order chi connectivity index (χ1) is 10.0. The van der Waals surface area contributed by atoms with E-state index >= 15 is 0 Å². The second-order valence-corrected chi connectivity index (χ2v) is 3.96. The normalized spacial score (nSPS) is 9.95. The number of benzene rings is 1. The van der Waals surface area contributed by atoms with Crippen LogP contribution in [0.1, 0.15) is 5.69 Å². The van der Waals surface area contributed by atoms with Crippen LogP contribution >= 0.6 is 0 Å². The van der Waals surface area contributed by atoms with Gasteiger partial charge in [0.2, 0.25) is 0 Å². The van der Waals surface area contributed by atoms with Gasteiger partial charge in [-0.2, -0.15) is 0 Å². The molecule has 8 heteroatoms. The van der Waals surface area contributed by atoms with E-state index in [2.05, 4.69) is 4.98 Å². The number of nitrogens with one attached hydrogen (secondary N) is 1. The van der Waals surface area contributed by atoms with Crippen molar-refractivity contribution < 1.29 is 14.4 Å². The van der Waals surface area contributed by atoms with Crippen molar-refractivity contribution >= 4 is 11.5 Å². The Morgan fingerprint density at radius 1 is 1.33 bits per heavy atom. The van der Waals surface area contributed by atoms with E-state index < -0.39 is 4.92 Å². The van der Waals surface area contributed by atoms with Gasteiger partial charge in [-0.1, -0.05) is 0 Å². The number of hydrogen-bond acceptors (Lipinski definition) is 6. The quantitative estimate of drug-likeness (QED) is 0.375. The second-order valence-electron chi connectivity index (χ2n) is 3.96. The first-order valence-corrected chi connectivity index (χ1v) is 5.82. The Labute approximate surface area is 119 Å². The zero-order chi connectivity index (χ0) is 15.4. The summed E-state index contributed by atoms with van der Waals surface area (Å²) in [5.74, 6) is 0.477. The first-order valence-electron chi connectivity index (χ1n) is 5.82. The first kappa shape index (κ1) is 14.3. The monoisotopic (exact) mass is 288 g/mol. The van der Waals surface area contributed by atoms with Crippen molar-refractivity contribution in [2.75, 3.05) is 7.11 Å². The van der Waals surface area contributed by atoms with Gasteiger partial charge in [-0.05, 0) is 18.2 Å². The SMILES string of the molecule is COc1cc([N+](=O)[O-])ccc1Oc1cccnc1C(=N)N. The molecule has 0 atom stereocenters. The lowest BCUT2D eigenvalue weighted by Gasteiger charge is -2.12. The number of amidine groups is 1. The number of non-ortho nitro benzene ring substituents is 1. The highest BCUT2D eigenvalue weighted by atomic mass is 16.6. The average molecular weight is 288 g/mol. The van der Waals surface area contributed by atoms with Gasteiger partial charge in [0.15, 0.2) is 17.2 Å². The molecule has 0 unspecified atom stereocenters. The van der Waals surface area contributed by atoms with Crippen molar-refractivity contribution in [2.45, 2.75) is 0 Å². The van der Waals surface area contributed by atoms with Crippen molar-refractivity contribution in [3.63, 3.8) is 0 Å². The Hall–Kier alpha value is -3.16. The molecule has 0 radical (unpaired) electrons. The summed E-state index contributed by atoms with van der Waals surface area (Å²) in [5, 5.41) is 18.2. The van der Waals surface area contributed by atoms with Gasteiger partial charge in [-0.15, -0.1) is 0 Å². The van der Waals surface area contributed by atoms with Crippen LogP contribution in [0.3, 0.4) is 0 Å². The zero-order valence-electron chi connectivity index (χ0n) is 11.1. The highest BCUT2D eigenvalue weighted by Gasteiger charge is 2.15. The van der Waals surface area contributed by atoms with Gasteiger partial charge >= 0.3 is 0 Å². The van der Waals surface area contributed by atoms with Crippen LogP contribution in [0.2, 0.25) is 0 Å². The second kappa shape index (κ2) is 5.87. The van der Waals surface area contributed by atoms with Crippen LogP contribution in [0.25, 0.3) is 0 Å². The van der Waals surface area contributed by atoms with Gasteiger partial charge in [-0.3, -0.25) is 15.5 Å². The van der Waals surface area contributed by atoms with Crippen LogP contribution in [-0.4, -0.2) is 22.9 Å². The van der Waals surface area contributed by atoms with Crippen molar-refractivity contribution in [1.29, 1.82) is 5.41 Å². The molecule has 8 nitrogen and oxygen atoms in total. The van der Waals surface area contributed by atoms with Crippen molar-refractivity contribution in [2.24, 2.45) is 5.73 Å².